The van der Waals surface area contributed by atoms with E-state index in [1.165, 1.54) is 55.6 Å². The molecular weight excluding hydrogens is 357 g/mol. The lowest BCUT2D eigenvalue weighted by atomic mass is 10.1. The predicted molar refractivity (Wildman–Crippen MR) is 97.1 cm³/mol. The molecule has 6 heteroatoms. The molecule has 0 aliphatic carbocycles. The Morgan fingerprint density at radius 3 is 2.33 bits per heavy atom. The summed E-state index contributed by atoms with van der Waals surface area (Å²) in [7, 11) is 1.36. The summed E-state index contributed by atoms with van der Waals surface area (Å²) in [4.78, 5) is 0. The van der Waals surface area contributed by atoms with Gasteiger partial charge in [-0.1, -0.05) is 18.7 Å². The molecule has 3 aromatic carbocycles. The zero-order valence-electron chi connectivity index (χ0n) is 14.5. The van der Waals surface area contributed by atoms with Gasteiger partial charge >= 0.3 is 6.11 Å². The topological polar surface area (TPSA) is 27.7 Å². The Morgan fingerprint density at radius 2 is 1.67 bits per heavy atom. The van der Waals surface area contributed by atoms with Gasteiger partial charge in [-0.3, -0.25) is 0 Å². The van der Waals surface area contributed by atoms with E-state index in [9.17, 15) is 13.2 Å². The largest absolute Gasteiger partial charge is 0.494 e. The molecule has 0 N–H and O–H groups in total. The van der Waals surface area contributed by atoms with E-state index >= 15 is 0 Å². The van der Waals surface area contributed by atoms with Gasteiger partial charge in [-0.25, -0.2) is 4.39 Å². The van der Waals surface area contributed by atoms with E-state index in [4.69, 9.17) is 14.2 Å². The quantitative estimate of drug-likeness (QED) is 0.498. The van der Waals surface area contributed by atoms with Crippen molar-refractivity contribution in [2.45, 2.75) is 6.11 Å². The lowest BCUT2D eigenvalue weighted by Crippen LogP contribution is -2.21. The van der Waals surface area contributed by atoms with Gasteiger partial charge in [0.05, 0.1) is 12.7 Å². The van der Waals surface area contributed by atoms with Crippen molar-refractivity contribution in [2.75, 3.05) is 13.7 Å². The second kappa shape index (κ2) is 7.61. The Labute approximate surface area is 154 Å². The Bertz CT molecular complexity index is 953. The summed E-state index contributed by atoms with van der Waals surface area (Å²) in [6.07, 6.45) is -2.00. The SMILES string of the molecule is C=CCOc1ccc(C(F)(F)Oc2ccc3cc(OC)c(F)cc3c2)cc1. The van der Waals surface area contributed by atoms with Crippen LogP contribution in [0.3, 0.4) is 0 Å². The van der Waals surface area contributed by atoms with Gasteiger partial charge in [0.25, 0.3) is 0 Å². The Morgan fingerprint density at radius 1 is 0.963 bits per heavy atom. The van der Waals surface area contributed by atoms with Crippen LogP contribution in [0.4, 0.5) is 13.2 Å². The van der Waals surface area contributed by atoms with E-state index in [0.717, 1.165) is 0 Å². The summed E-state index contributed by atoms with van der Waals surface area (Å²) >= 11 is 0. The summed E-state index contributed by atoms with van der Waals surface area (Å²) in [5.74, 6) is -0.127. The molecule has 0 spiro atoms. The molecule has 0 fully saturated rings. The standard InChI is InChI=1S/C21H17F3O3/c1-3-10-26-17-8-5-16(6-9-17)21(23,24)27-18-7-4-14-13-20(25-2)19(22)12-15(14)11-18/h3-9,11-13H,1,10H2,2H3. The second-order valence-electron chi connectivity index (χ2n) is 5.74. The van der Waals surface area contributed by atoms with Crippen LogP contribution in [0, 0.1) is 5.82 Å². The molecule has 0 aromatic heterocycles. The van der Waals surface area contributed by atoms with Gasteiger partial charge in [0, 0.05) is 0 Å². The summed E-state index contributed by atoms with van der Waals surface area (Å²) in [6.45, 7) is 3.80. The zero-order valence-corrected chi connectivity index (χ0v) is 14.5. The Kier molecular flexibility index (Phi) is 5.26. The lowest BCUT2D eigenvalue weighted by Gasteiger charge is -2.19. The molecule has 3 aromatic rings. The first-order chi connectivity index (χ1) is 12.9. The van der Waals surface area contributed by atoms with Crippen LogP contribution >= 0.6 is 0 Å². The van der Waals surface area contributed by atoms with E-state index in [-0.39, 0.29) is 23.7 Å². The highest BCUT2D eigenvalue weighted by Crippen LogP contribution is 2.34. The number of rotatable bonds is 7. The van der Waals surface area contributed by atoms with Crippen LogP contribution in [-0.2, 0) is 6.11 Å². The molecule has 0 saturated heterocycles. The summed E-state index contributed by atoms with van der Waals surface area (Å²) in [5.41, 5.74) is -0.325. The van der Waals surface area contributed by atoms with Crippen LogP contribution in [0.5, 0.6) is 17.2 Å². The predicted octanol–water partition coefficient (Wildman–Crippen LogP) is 5.68. The number of alkyl halides is 2. The number of hydrogen-bond acceptors (Lipinski definition) is 3. The minimum absolute atomic E-state index is 0.0796. The van der Waals surface area contributed by atoms with Crippen LogP contribution in [-0.4, -0.2) is 13.7 Å². The average molecular weight is 374 g/mol. The fraction of sp³-hybridized carbons (Fsp3) is 0.143. The molecule has 0 aliphatic rings. The molecule has 3 rings (SSSR count). The van der Waals surface area contributed by atoms with Crippen LogP contribution in [0.25, 0.3) is 10.8 Å². The monoisotopic (exact) mass is 374 g/mol. The molecule has 0 atom stereocenters. The summed E-state index contributed by atoms with van der Waals surface area (Å²) in [5, 5.41) is 1.07. The smallest absolute Gasteiger partial charge is 0.426 e. The molecule has 0 bridgehead atoms. The first-order valence-corrected chi connectivity index (χ1v) is 8.11. The normalized spacial score (nSPS) is 11.3. The molecule has 27 heavy (non-hydrogen) atoms. The van der Waals surface area contributed by atoms with Crippen molar-refractivity contribution in [1.82, 2.24) is 0 Å². The molecule has 140 valence electrons. The molecule has 0 saturated carbocycles. The number of methoxy groups -OCH3 is 1. The minimum atomic E-state index is -3.56. The maximum Gasteiger partial charge on any atom is 0.426 e. The van der Waals surface area contributed by atoms with E-state index in [1.807, 2.05) is 0 Å². The van der Waals surface area contributed by atoms with Gasteiger partial charge in [0.15, 0.2) is 11.6 Å². The van der Waals surface area contributed by atoms with E-state index in [2.05, 4.69) is 6.58 Å². The average Bonchev–Trinajstić information content (AvgIpc) is 2.65. The fourth-order valence-corrected chi connectivity index (χ4v) is 2.55. The van der Waals surface area contributed by atoms with Crippen LogP contribution in [0.2, 0.25) is 0 Å². The highest BCUT2D eigenvalue weighted by Gasteiger charge is 2.34. The van der Waals surface area contributed by atoms with Gasteiger partial charge in [0.1, 0.15) is 18.1 Å². The maximum absolute atomic E-state index is 14.5. The summed E-state index contributed by atoms with van der Waals surface area (Å²) < 4.78 is 57.8. The van der Waals surface area contributed by atoms with Crippen molar-refractivity contribution in [2.24, 2.45) is 0 Å². The first kappa shape index (κ1) is 18.6. The third-order valence-corrected chi connectivity index (χ3v) is 3.89. The number of halogens is 3. The van der Waals surface area contributed by atoms with E-state index in [0.29, 0.717) is 16.5 Å². The molecule has 0 radical (unpaired) electrons. The summed E-state index contributed by atoms with van der Waals surface area (Å²) in [6, 6.07) is 12.3. The van der Waals surface area contributed by atoms with Gasteiger partial charge in [0.2, 0.25) is 0 Å². The molecule has 0 heterocycles. The number of ether oxygens (including phenoxy) is 3. The third-order valence-electron chi connectivity index (χ3n) is 3.89. The van der Waals surface area contributed by atoms with Crippen molar-refractivity contribution < 1.29 is 27.4 Å². The number of hydrogen-bond donors (Lipinski definition) is 0. The minimum Gasteiger partial charge on any atom is -0.494 e. The lowest BCUT2D eigenvalue weighted by molar-refractivity contribution is -0.185. The van der Waals surface area contributed by atoms with Crippen LogP contribution < -0.4 is 14.2 Å². The Balaban J connectivity index is 1.83. The molecule has 0 unspecified atom stereocenters. The molecule has 0 amide bonds. The maximum atomic E-state index is 14.5. The third kappa shape index (κ3) is 4.16. The molecule has 3 nitrogen and oxygen atoms in total. The van der Waals surface area contributed by atoms with Gasteiger partial charge in [-0.05, 0) is 59.3 Å². The number of fused-ring (bicyclic) bond motifs is 1. The van der Waals surface area contributed by atoms with E-state index in [1.54, 1.807) is 12.1 Å². The van der Waals surface area contributed by atoms with Crippen molar-refractivity contribution in [1.29, 1.82) is 0 Å². The van der Waals surface area contributed by atoms with Gasteiger partial charge in [-0.15, -0.1) is 0 Å². The van der Waals surface area contributed by atoms with Gasteiger partial charge < -0.3 is 14.2 Å². The zero-order chi connectivity index (χ0) is 19.4. The first-order valence-electron chi connectivity index (χ1n) is 8.11. The van der Waals surface area contributed by atoms with Crippen molar-refractivity contribution >= 4 is 10.8 Å². The van der Waals surface area contributed by atoms with Crippen molar-refractivity contribution in [3.63, 3.8) is 0 Å². The van der Waals surface area contributed by atoms with Crippen LogP contribution in [0.15, 0.2) is 67.3 Å². The van der Waals surface area contributed by atoms with Crippen molar-refractivity contribution in [3.05, 3.63) is 78.6 Å². The van der Waals surface area contributed by atoms with Gasteiger partial charge in [-0.2, -0.15) is 8.78 Å². The highest BCUT2D eigenvalue weighted by atomic mass is 19.3. The van der Waals surface area contributed by atoms with Crippen LogP contribution in [0.1, 0.15) is 5.56 Å². The number of benzene rings is 3. The second-order valence-corrected chi connectivity index (χ2v) is 5.74. The molecular formula is C21H17F3O3. The van der Waals surface area contributed by atoms with Crippen molar-refractivity contribution in [3.8, 4) is 17.2 Å². The molecule has 0 aliphatic heterocycles. The fourth-order valence-electron chi connectivity index (χ4n) is 2.55. The Hall–Kier alpha value is -3.15. The highest BCUT2D eigenvalue weighted by molar-refractivity contribution is 5.85. The van der Waals surface area contributed by atoms with E-state index < -0.39 is 11.9 Å².